The second-order valence-corrected chi connectivity index (χ2v) is 7.87. The van der Waals surface area contributed by atoms with Crippen molar-refractivity contribution >= 4 is 0 Å². The normalized spacial score (nSPS) is 8.06. The van der Waals surface area contributed by atoms with Crippen LogP contribution in [-0.2, 0) is 80.7 Å². The van der Waals surface area contributed by atoms with Crippen LogP contribution in [0.1, 0.15) is 11.1 Å². The van der Waals surface area contributed by atoms with Crippen LogP contribution in [-0.4, -0.2) is 51.3 Å². The minimum atomic E-state index is 0. The Labute approximate surface area is 213 Å². The smallest absolute Gasteiger partial charge is 2.00 e. The molecule has 10 nitrogen and oxygen atoms in total. The van der Waals surface area contributed by atoms with Gasteiger partial charge < -0.3 is 41.8 Å². The van der Waals surface area contributed by atoms with Crippen molar-refractivity contribution in [3.8, 4) is 0 Å². The molecule has 2 aromatic rings. The Hall–Kier alpha value is -1.22. The summed E-state index contributed by atoms with van der Waals surface area (Å²) in [5, 5.41) is 0. The van der Waals surface area contributed by atoms with Crippen LogP contribution in [0.3, 0.4) is 0 Å². The van der Waals surface area contributed by atoms with Crippen LogP contribution in [0.4, 0.5) is 0 Å². The molecule has 0 bridgehead atoms. The van der Waals surface area contributed by atoms with Crippen molar-refractivity contribution in [3.63, 3.8) is 0 Å². The molecule has 0 saturated heterocycles. The minimum Gasteiger partial charge on any atom is -2.00 e. The third-order valence-electron chi connectivity index (χ3n) is 3.00. The zero-order chi connectivity index (χ0) is 18.6. The molecule has 32 heavy (non-hydrogen) atoms. The van der Waals surface area contributed by atoms with Crippen LogP contribution in [0.25, 0.3) is 0 Å². The topological polar surface area (TPSA) is 205 Å². The van der Waals surface area contributed by atoms with Crippen LogP contribution >= 0.6 is 0 Å². The number of hydrogen-bond acceptors (Lipinski definition) is 2. The number of quaternary nitrogens is 2. The molecule has 2 aromatic carbocycles. The van der Waals surface area contributed by atoms with Gasteiger partial charge in [-0.15, -0.1) is 0 Å². The Balaban J connectivity index is -0.0000000355. The standard InChI is InChI=1S/2C10H16N.2Cr.O2.6O/c2*1-11(2,3)9-10-7-5-4-6-8-10;;;1-2;;;;;;/h2*4-8H,9H2,1-3H3;;;;;;;;;/q2*+1;2*+5;;6*-2. The average Bonchev–Trinajstić information content (AvgIpc) is 2.48. The molecule has 0 saturated carbocycles. The molecule has 0 amide bonds. The van der Waals surface area contributed by atoms with Gasteiger partial charge in [0.15, 0.2) is 0 Å². The second-order valence-electron chi connectivity index (χ2n) is 7.87. The zero-order valence-electron chi connectivity index (χ0n) is 19.2. The first kappa shape index (κ1) is 57.5. The van der Waals surface area contributed by atoms with Gasteiger partial charge in [0.05, 0.1) is 42.3 Å². The molecule has 0 atom stereocenters. The Morgan fingerprint density at radius 2 is 0.656 bits per heavy atom. The molecule has 12 heteroatoms. The summed E-state index contributed by atoms with van der Waals surface area (Å²) in [5.74, 6) is 0. The Bertz CT molecular complexity index is 518. The molecule has 0 aliphatic rings. The third-order valence-corrected chi connectivity index (χ3v) is 3.00. The summed E-state index contributed by atoms with van der Waals surface area (Å²) in [6, 6.07) is 21.1. The maximum Gasteiger partial charge on any atom is 5.00 e. The van der Waals surface area contributed by atoms with Gasteiger partial charge in [-0.05, 0) is 0 Å². The van der Waals surface area contributed by atoms with Gasteiger partial charge in [-0.3, -0.25) is 0 Å². The van der Waals surface area contributed by atoms with E-state index in [1.54, 1.807) is 0 Å². The van der Waals surface area contributed by atoms with Gasteiger partial charge in [0.2, 0.25) is 0 Å². The van der Waals surface area contributed by atoms with Crippen LogP contribution in [0, 0.1) is 9.93 Å². The van der Waals surface area contributed by atoms with E-state index < -0.39 is 0 Å². The fourth-order valence-electron chi connectivity index (χ4n) is 2.26. The van der Waals surface area contributed by atoms with Crippen molar-refractivity contribution in [2.45, 2.75) is 13.1 Å². The molecule has 0 N–H and O–H groups in total. The molecular weight excluding hydrogens is 500 g/mol. The zero-order valence-corrected chi connectivity index (χ0v) is 21.7. The predicted molar refractivity (Wildman–Crippen MR) is 107 cm³/mol. The minimum absolute atomic E-state index is 0. The number of rotatable bonds is 4. The molecule has 2 radical (unpaired) electrons. The molecule has 0 spiro atoms. The Morgan fingerprint density at radius 3 is 0.812 bits per heavy atom. The Morgan fingerprint density at radius 1 is 0.469 bits per heavy atom. The monoisotopic (exact) mass is 532 g/mol. The van der Waals surface area contributed by atoms with E-state index in [4.69, 9.17) is 9.93 Å². The first-order valence-corrected chi connectivity index (χ1v) is 8.01. The SMILES string of the molecule is C[N+](C)(C)Cc1ccccc1.C[N+](C)(C)Cc1ccccc1.O=O.[Cr+5].[Cr+5].[O-2].[O-2].[O-2].[O-2].[O-2].[O-2]. The summed E-state index contributed by atoms with van der Waals surface area (Å²) in [7, 11) is 13.2. The van der Waals surface area contributed by atoms with Crippen LogP contribution in [0.15, 0.2) is 60.7 Å². The van der Waals surface area contributed by atoms with E-state index in [9.17, 15) is 0 Å². The number of benzene rings is 2. The molecule has 0 heterocycles. The molecule has 0 aliphatic heterocycles. The Kier molecular flexibility index (Phi) is 53.6. The molecule has 0 aliphatic carbocycles. The maximum absolute atomic E-state index is 7.00. The van der Waals surface area contributed by atoms with Gasteiger partial charge in [-0.2, -0.15) is 0 Å². The molecule has 0 aromatic heterocycles. The van der Waals surface area contributed by atoms with E-state index in [1.165, 1.54) is 11.1 Å². The number of nitrogens with zero attached hydrogens (tertiary/aromatic N) is 2. The molecule has 0 fully saturated rings. The van der Waals surface area contributed by atoms with Crippen LogP contribution < -0.4 is 0 Å². The van der Waals surface area contributed by atoms with Crippen molar-refractivity contribution in [2.24, 2.45) is 0 Å². The number of hydrogen-bond donors (Lipinski definition) is 0. The van der Waals surface area contributed by atoms with E-state index in [2.05, 4.69) is 103 Å². The fraction of sp³-hybridized carbons (Fsp3) is 0.400. The van der Waals surface area contributed by atoms with E-state index in [0.29, 0.717) is 0 Å². The quantitative estimate of drug-likeness (QED) is 0.544. The third kappa shape index (κ3) is 36.2. The van der Waals surface area contributed by atoms with Crippen molar-refractivity contribution in [1.29, 1.82) is 0 Å². The van der Waals surface area contributed by atoms with Gasteiger partial charge in [-0.25, -0.2) is 0 Å². The van der Waals surface area contributed by atoms with Crippen LogP contribution in [0.2, 0.25) is 0 Å². The van der Waals surface area contributed by atoms with Gasteiger partial charge in [0, 0.05) is 21.1 Å². The fourth-order valence-corrected chi connectivity index (χ4v) is 2.26. The summed E-state index contributed by atoms with van der Waals surface area (Å²) < 4.78 is 1.98. The van der Waals surface area contributed by atoms with Gasteiger partial charge >= 0.3 is 34.7 Å². The van der Waals surface area contributed by atoms with E-state index in [-0.39, 0.29) is 67.6 Å². The second kappa shape index (κ2) is 29.8. The summed E-state index contributed by atoms with van der Waals surface area (Å²) >= 11 is 0. The first-order chi connectivity index (χ1) is 11.2. The average molecular weight is 532 g/mol. The summed E-state index contributed by atoms with van der Waals surface area (Å²) in [6.07, 6.45) is 0. The molecular formula is C20H32Cr2N2O8. The predicted octanol–water partition coefficient (Wildman–Crippen LogP) is 3.13. The molecule has 182 valence electrons. The largest absolute Gasteiger partial charge is 5.00 e. The molecule has 0 unspecified atom stereocenters. The van der Waals surface area contributed by atoms with Crippen molar-refractivity contribution < 1.29 is 76.5 Å². The summed E-state index contributed by atoms with van der Waals surface area (Å²) in [5.41, 5.74) is 2.81. The van der Waals surface area contributed by atoms with E-state index in [1.807, 2.05) is 0 Å². The van der Waals surface area contributed by atoms with Crippen LogP contribution in [0.5, 0.6) is 0 Å². The van der Waals surface area contributed by atoms with E-state index >= 15 is 0 Å². The van der Waals surface area contributed by atoms with Crippen molar-refractivity contribution in [3.05, 3.63) is 81.7 Å². The molecule has 2 rings (SSSR count). The van der Waals surface area contributed by atoms with Gasteiger partial charge in [0.1, 0.15) is 13.1 Å². The van der Waals surface area contributed by atoms with E-state index in [0.717, 1.165) is 22.1 Å². The van der Waals surface area contributed by atoms with Crippen molar-refractivity contribution in [2.75, 3.05) is 42.3 Å². The van der Waals surface area contributed by atoms with Gasteiger partial charge in [-0.1, -0.05) is 60.7 Å². The maximum atomic E-state index is 7.00. The van der Waals surface area contributed by atoms with Crippen molar-refractivity contribution in [1.82, 2.24) is 0 Å². The van der Waals surface area contributed by atoms with Gasteiger partial charge in [0.25, 0.3) is 0 Å². The summed E-state index contributed by atoms with van der Waals surface area (Å²) in [4.78, 5) is 14.0. The summed E-state index contributed by atoms with van der Waals surface area (Å²) in [6.45, 7) is 2.20. The first-order valence-electron chi connectivity index (χ1n) is 8.01.